The number of methoxy groups -OCH3 is 1. The van der Waals surface area contributed by atoms with Gasteiger partial charge in [-0.25, -0.2) is 4.98 Å². The first kappa shape index (κ1) is 19.4. The van der Waals surface area contributed by atoms with Crippen LogP contribution in [-0.4, -0.2) is 22.1 Å². The lowest BCUT2D eigenvalue weighted by Gasteiger charge is -2.13. The van der Waals surface area contributed by atoms with Crippen LogP contribution in [0.5, 0.6) is 5.75 Å². The van der Waals surface area contributed by atoms with E-state index in [4.69, 9.17) is 9.72 Å². The topological polar surface area (TPSA) is 72.0 Å². The minimum absolute atomic E-state index is 0.555. The molecule has 0 aliphatic heterocycles. The van der Waals surface area contributed by atoms with E-state index in [0.717, 1.165) is 34.0 Å². The summed E-state index contributed by atoms with van der Waals surface area (Å²) in [6, 6.07) is 23.9. The third-order valence-electron chi connectivity index (χ3n) is 4.65. The Morgan fingerprint density at radius 3 is 2.37 bits per heavy atom. The van der Waals surface area contributed by atoms with Crippen molar-refractivity contribution in [2.24, 2.45) is 0 Å². The molecule has 30 heavy (non-hydrogen) atoms. The van der Waals surface area contributed by atoms with Crippen molar-refractivity contribution >= 4 is 11.8 Å². The van der Waals surface area contributed by atoms with Crippen LogP contribution in [0.4, 0.5) is 11.8 Å². The molecule has 2 heterocycles. The summed E-state index contributed by atoms with van der Waals surface area (Å²) in [5, 5.41) is 6.72. The van der Waals surface area contributed by atoms with Gasteiger partial charge in [0.15, 0.2) is 0 Å². The summed E-state index contributed by atoms with van der Waals surface area (Å²) in [6.07, 6.45) is 3.57. The number of hydrogen-bond acceptors (Lipinski definition) is 6. The second-order valence-corrected chi connectivity index (χ2v) is 6.70. The molecule has 4 rings (SSSR count). The molecule has 150 valence electrons. The summed E-state index contributed by atoms with van der Waals surface area (Å²) < 4.78 is 5.44. The van der Waals surface area contributed by atoms with Crippen LogP contribution in [0.25, 0.3) is 11.3 Å². The summed E-state index contributed by atoms with van der Waals surface area (Å²) in [6.45, 7) is 1.21. The molecule has 0 saturated carbocycles. The van der Waals surface area contributed by atoms with Gasteiger partial charge in [-0.1, -0.05) is 48.5 Å². The van der Waals surface area contributed by atoms with Crippen LogP contribution in [-0.2, 0) is 13.1 Å². The molecule has 0 fully saturated rings. The predicted octanol–water partition coefficient (Wildman–Crippen LogP) is 4.77. The van der Waals surface area contributed by atoms with E-state index in [1.54, 1.807) is 19.5 Å². The van der Waals surface area contributed by atoms with Gasteiger partial charge in [-0.15, -0.1) is 0 Å². The molecule has 0 unspecified atom stereocenters. The van der Waals surface area contributed by atoms with Gasteiger partial charge in [-0.3, -0.25) is 4.98 Å². The first-order valence-electron chi connectivity index (χ1n) is 9.75. The Morgan fingerprint density at radius 1 is 0.800 bits per heavy atom. The minimum atomic E-state index is 0.555. The number of para-hydroxylation sites is 1. The van der Waals surface area contributed by atoms with Gasteiger partial charge in [0, 0.05) is 42.7 Å². The maximum Gasteiger partial charge on any atom is 0.225 e. The van der Waals surface area contributed by atoms with Crippen molar-refractivity contribution in [2.75, 3.05) is 17.7 Å². The normalized spacial score (nSPS) is 10.4. The van der Waals surface area contributed by atoms with E-state index < -0.39 is 0 Å². The number of nitrogens with one attached hydrogen (secondary N) is 2. The second-order valence-electron chi connectivity index (χ2n) is 6.70. The van der Waals surface area contributed by atoms with E-state index >= 15 is 0 Å². The molecular formula is C24H23N5O. The van der Waals surface area contributed by atoms with Crippen LogP contribution in [0.2, 0.25) is 0 Å². The summed E-state index contributed by atoms with van der Waals surface area (Å²) in [5.74, 6) is 2.14. The van der Waals surface area contributed by atoms with Gasteiger partial charge in [0.2, 0.25) is 5.95 Å². The van der Waals surface area contributed by atoms with Crippen molar-refractivity contribution in [3.8, 4) is 17.0 Å². The Balaban J connectivity index is 1.58. The van der Waals surface area contributed by atoms with Crippen molar-refractivity contribution < 1.29 is 4.74 Å². The number of anilines is 2. The Morgan fingerprint density at radius 2 is 1.57 bits per heavy atom. The zero-order valence-corrected chi connectivity index (χ0v) is 16.7. The summed E-state index contributed by atoms with van der Waals surface area (Å²) in [7, 11) is 1.67. The van der Waals surface area contributed by atoms with Crippen LogP contribution < -0.4 is 15.4 Å². The SMILES string of the molecule is COc1ccccc1CNc1nc(NCc2ccncc2)cc(-c2ccccc2)n1. The molecule has 2 N–H and O–H groups in total. The molecular weight excluding hydrogens is 374 g/mol. The van der Waals surface area contributed by atoms with Crippen molar-refractivity contribution in [1.82, 2.24) is 15.0 Å². The number of pyridine rings is 1. The largest absolute Gasteiger partial charge is 0.496 e. The maximum atomic E-state index is 5.44. The first-order chi connectivity index (χ1) is 14.8. The highest BCUT2D eigenvalue weighted by Gasteiger charge is 2.08. The summed E-state index contributed by atoms with van der Waals surface area (Å²) in [4.78, 5) is 13.4. The second kappa shape index (κ2) is 9.52. The fourth-order valence-corrected chi connectivity index (χ4v) is 3.09. The van der Waals surface area contributed by atoms with Crippen molar-refractivity contribution in [3.63, 3.8) is 0 Å². The molecule has 0 amide bonds. The van der Waals surface area contributed by atoms with E-state index in [-0.39, 0.29) is 0 Å². The molecule has 2 aromatic carbocycles. The monoisotopic (exact) mass is 397 g/mol. The van der Waals surface area contributed by atoms with Crippen LogP contribution in [0.15, 0.2) is 85.2 Å². The van der Waals surface area contributed by atoms with Crippen molar-refractivity contribution in [1.29, 1.82) is 0 Å². The number of rotatable bonds is 8. The molecule has 6 nitrogen and oxygen atoms in total. The number of benzene rings is 2. The highest BCUT2D eigenvalue weighted by molar-refractivity contribution is 5.64. The van der Waals surface area contributed by atoms with Crippen molar-refractivity contribution in [2.45, 2.75) is 13.1 Å². The Bertz CT molecular complexity index is 1090. The van der Waals surface area contributed by atoms with Crippen LogP contribution in [0.3, 0.4) is 0 Å². The van der Waals surface area contributed by atoms with Crippen molar-refractivity contribution in [3.05, 3.63) is 96.3 Å². The highest BCUT2D eigenvalue weighted by Crippen LogP contribution is 2.23. The fourth-order valence-electron chi connectivity index (χ4n) is 3.09. The summed E-state index contributed by atoms with van der Waals surface area (Å²) >= 11 is 0. The molecule has 0 aliphatic carbocycles. The van der Waals surface area contributed by atoms with Gasteiger partial charge in [-0.05, 0) is 23.8 Å². The van der Waals surface area contributed by atoms with E-state index in [0.29, 0.717) is 19.0 Å². The Labute approximate surface area is 176 Å². The van der Waals surface area contributed by atoms with Crippen LogP contribution in [0, 0.1) is 0 Å². The molecule has 0 saturated heterocycles. The fraction of sp³-hybridized carbons (Fsp3) is 0.125. The van der Waals surface area contributed by atoms with E-state index in [1.807, 2.05) is 72.8 Å². The van der Waals surface area contributed by atoms with E-state index in [2.05, 4.69) is 20.6 Å². The third kappa shape index (κ3) is 4.91. The molecule has 4 aromatic rings. The maximum absolute atomic E-state index is 5.44. The van der Waals surface area contributed by atoms with Gasteiger partial charge in [0.25, 0.3) is 0 Å². The number of aromatic nitrogens is 3. The average molecular weight is 397 g/mol. The highest BCUT2D eigenvalue weighted by atomic mass is 16.5. The lowest BCUT2D eigenvalue weighted by molar-refractivity contribution is 0.410. The molecule has 0 aliphatic rings. The quantitative estimate of drug-likeness (QED) is 0.446. The predicted molar refractivity (Wildman–Crippen MR) is 119 cm³/mol. The standard InChI is InChI=1S/C24H23N5O/c1-30-22-10-6-5-9-20(22)17-27-24-28-21(19-7-3-2-4-8-19)15-23(29-24)26-16-18-11-13-25-14-12-18/h2-15H,16-17H2,1H3,(H2,26,27,28,29). The smallest absolute Gasteiger partial charge is 0.225 e. The van der Waals surface area contributed by atoms with Gasteiger partial charge in [-0.2, -0.15) is 4.98 Å². The third-order valence-corrected chi connectivity index (χ3v) is 4.65. The lowest BCUT2D eigenvalue weighted by atomic mass is 10.1. The van der Waals surface area contributed by atoms with Gasteiger partial charge >= 0.3 is 0 Å². The zero-order chi connectivity index (χ0) is 20.6. The number of nitrogens with zero attached hydrogens (tertiary/aromatic N) is 3. The molecule has 0 radical (unpaired) electrons. The Kier molecular flexibility index (Phi) is 6.15. The Hall–Kier alpha value is -3.93. The minimum Gasteiger partial charge on any atom is -0.496 e. The van der Waals surface area contributed by atoms with Crippen LogP contribution >= 0.6 is 0 Å². The molecule has 0 bridgehead atoms. The van der Waals surface area contributed by atoms with E-state index in [9.17, 15) is 0 Å². The lowest BCUT2D eigenvalue weighted by Crippen LogP contribution is -2.08. The molecule has 0 atom stereocenters. The van der Waals surface area contributed by atoms with Gasteiger partial charge in [0.05, 0.1) is 12.8 Å². The summed E-state index contributed by atoms with van der Waals surface area (Å²) in [5.41, 5.74) is 4.06. The number of ether oxygens (including phenoxy) is 1. The zero-order valence-electron chi connectivity index (χ0n) is 16.7. The van der Waals surface area contributed by atoms with Gasteiger partial charge in [0.1, 0.15) is 11.6 Å². The number of hydrogen-bond donors (Lipinski definition) is 2. The van der Waals surface area contributed by atoms with E-state index in [1.165, 1.54) is 0 Å². The molecule has 2 aromatic heterocycles. The van der Waals surface area contributed by atoms with Crippen LogP contribution in [0.1, 0.15) is 11.1 Å². The first-order valence-corrected chi connectivity index (χ1v) is 9.75. The molecule has 6 heteroatoms. The molecule has 0 spiro atoms. The average Bonchev–Trinajstić information content (AvgIpc) is 2.83. The van der Waals surface area contributed by atoms with Gasteiger partial charge < -0.3 is 15.4 Å².